The van der Waals surface area contributed by atoms with Gasteiger partial charge in [0.05, 0.1) is 0 Å². The summed E-state index contributed by atoms with van der Waals surface area (Å²) < 4.78 is 32.4. The first-order chi connectivity index (χ1) is 11.3. The molecule has 8 heteroatoms. The fourth-order valence-corrected chi connectivity index (χ4v) is 2.09. The Hall–Kier alpha value is -2.77. The molecule has 0 saturated carbocycles. The van der Waals surface area contributed by atoms with Gasteiger partial charge in [0.15, 0.2) is 5.69 Å². The quantitative estimate of drug-likeness (QED) is 0.845. The molecule has 1 aromatic carbocycles. The van der Waals surface area contributed by atoms with Crippen LogP contribution in [0.4, 0.5) is 8.78 Å². The van der Waals surface area contributed by atoms with E-state index in [-0.39, 0.29) is 11.6 Å². The van der Waals surface area contributed by atoms with Gasteiger partial charge in [-0.2, -0.15) is 0 Å². The van der Waals surface area contributed by atoms with Crippen molar-refractivity contribution in [2.45, 2.75) is 26.3 Å². The van der Waals surface area contributed by atoms with E-state index in [1.165, 1.54) is 6.07 Å². The zero-order valence-electron chi connectivity index (χ0n) is 13.0. The predicted octanol–water partition coefficient (Wildman–Crippen LogP) is 2.85. The highest BCUT2D eigenvalue weighted by Crippen LogP contribution is 2.25. The van der Waals surface area contributed by atoms with E-state index in [4.69, 9.17) is 9.52 Å². The molecule has 1 aromatic heterocycles. The van der Waals surface area contributed by atoms with Gasteiger partial charge in [0, 0.05) is 0 Å². The molecule has 128 valence electrons. The van der Waals surface area contributed by atoms with Gasteiger partial charge in [0.1, 0.15) is 29.5 Å². The lowest BCUT2D eigenvalue weighted by Gasteiger charge is -2.19. The number of carboxylic acids is 1. The number of aliphatic carboxylic acids is 1. The molecule has 2 atom stereocenters. The maximum Gasteiger partial charge on any atom is 0.326 e. The van der Waals surface area contributed by atoms with E-state index >= 15 is 0 Å². The number of benzene rings is 1. The van der Waals surface area contributed by atoms with Crippen LogP contribution in [0.1, 0.15) is 30.8 Å². The third kappa shape index (κ3) is 3.58. The molecule has 2 aromatic rings. The summed E-state index contributed by atoms with van der Waals surface area (Å²) in [7, 11) is 0. The van der Waals surface area contributed by atoms with Crippen LogP contribution < -0.4 is 5.32 Å². The third-order valence-corrected chi connectivity index (χ3v) is 3.68. The van der Waals surface area contributed by atoms with Gasteiger partial charge < -0.3 is 14.8 Å². The average molecular weight is 338 g/mol. The van der Waals surface area contributed by atoms with Crippen molar-refractivity contribution >= 4 is 11.9 Å². The molecule has 1 amide bonds. The molecule has 0 spiro atoms. The number of hydrogen-bond donors (Lipinski definition) is 2. The van der Waals surface area contributed by atoms with Crippen LogP contribution in [0.3, 0.4) is 0 Å². The molecular formula is C16H16F2N2O4. The van der Waals surface area contributed by atoms with Crippen molar-refractivity contribution in [3.8, 4) is 11.5 Å². The second-order valence-electron chi connectivity index (χ2n) is 5.31. The van der Waals surface area contributed by atoms with Crippen LogP contribution in [0.25, 0.3) is 11.5 Å². The number of nitrogens with zero attached hydrogens (tertiary/aromatic N) is 1. The number of carboxylic acid groups (broad SMARTS) is 1. The van der Waals surface area contributed by atoms with Crippen LogP contribution in [0.2, 0.25) is 0 Å². The van der Waals surface area contributed by atoms with Crippen molar-refractivity contribution in [2.75, 3.05) is 0 Å². The molecule has 0 aliphatic rings. The SMILES string of the molecule is CC[C@H](C)[C@H](NC(=O)c1coc(-c2c(F)cccc2F)n1)C(=O)O. The number of carbonyl (C=O) groups is 2. The lowest BCUT2D eigenvalue weighted by molar-refractivity contribution is -0.140. The van der Waals surface area contributed by atoms with Crippen molar-refractivity contribution in [3.05, 3.63) is 41.8 Å². The molecule has 0 fully saturated rings. The van der Waals surface area contributed by atoms with E-state index in [0.29, 0.717) is 6.42 Å². The number of amides is 1. The summed E-state index contributed by atoms with van der Waals surface area (Å²) in [6.07, 6.45) is 1.47. The van der Waals surface area contributed by atoms with Crippen molar-refractivity contribution < 1.29 is 27.9 Å². The molecule has 2 N–H and O–H groups in total. The number of nitrogens with one attached hydrogen (secondary N) is 1. The second kappa shape index (κ2) is 7.20. The Kier molecular flexibility index (Phi) is 5.28. The van der Waals surface area contributed by atoms with E-state index in [1.54, 1.807) is 13.8 Å². The molecule has 0 aliphatic heterocycles. The number of halogens is 2. The summed E-state index contributed by atoms with van der Waals surface area (Å²) in [5, 5.41) is 11.5. The normalized spacial score (nSPS) is 13.3. The van der Waals surface area contributed by atoms with Gasteiger partial charge in [-0.1, -0.05) is 26.3 Å². The maximum absolute atomic E-state index is 13.7. The summed E-state index contributed by atoms with van der Waals surface area (Å²) in [4.78, 5) is 27.1. The minimum Gasteiger partial charge on any atom is -0.480 e. The van der Waals surface area contributed by atoms with Crippen LogP contribution in [0.5, 0.6) is 0 Å². The topological polar surface area (TPSA) is 92.4 Å². The van der Waals surface area contributed by atoms with Crippen LogP contribution >= 0.6 is 0 Å². The van der Waals surface area contributed by atoms with Gasteiger partial charge in [-0.15, -0.1) is 0 Å². The first-order valence-corrected chi connectivity index (χ1v) is 7.28. The summed E-state index contributed by atoms with van der Waals surface area (Å²) in [6, 6.07) is 2.15. The van der Waals surface area contributed by atoms with Gasteiger partial charge in [0.2, 0.25) is 5.89 Å². The minimum absolute atomic E-state index is 0.262. The maximum atomic E-state index is 13.7. The Labute approximate surface area is 136 Å². The molecular weight excluding hydrogens is 322 g/mol. The smallest absolute Gasteiger partial charge is 0.326 e. The van der Waals surface area contributed by atoms with Gasteiger partial charge in [-0.05, 0) is 18.1 Å². The summed E-state index contributed by atoms with van der Waals surface area (Å²) in [5.41, 5.74) is -0.754. The Morgan fingerprint density at radius 2 is 1.96 bits per heavy atom. The highest BCUT2D eigenvalue weighted by atomic mass is 19.1. The van der Waals surface area contributed by atoms with Crippen LogP contribution in [-0.2, 0) is 4.79 Å². The van der Waals surface area contributed by atoms with Gasteiger partial charge >= 0.3 is 5.97 Å². The van der Waals surface area contributed by atoms with Gasteiger partial charge in [-0.25, -0.2) is 18.6 Å². The molecule has 24 heavy (non-hydrogen) atoms. The minimum atomic E-state index is -1.18. The zero-order chi connectivity index (χ0) is 17.9. The van der Waals surface area contributed by atoms with Gasteiger partial charge in [-0.3, -0.25) is 4.79 Å². The lowest BCUT2D eigenvalue weighted by Crippen LogP contribution is -2.45. The van der Waals surface area contributed by atoms with Crippen LogP contribution in [-0.4, -0.2) is 28.0 Å². The number of carbonyl (C=O) groups excluding carboxylic acids is 1. The lowest BCUT2D eigenvalue weighted by atomic mass is 9.99. The molecule has 0 bridgehead atoms. The zero-order valence-corrected chi connectivity index (χ0v) is 13.0. The molecule has 0 radical (unpaired) electrons. The first kappa shape index (κ1) is 17.6. The average Bonchev–Trinajstić information content (AvgIpc) is 3.01. The Morgan fingerprint density at radius 1 is 1.33 bits per heavy atom. The summed E-state index contributed by atoms with van der Waals surface area (Å²) >= 11 is 0. The number of hydrogen-bond acceptors (Lipinski definition) is 4. The van der Waals surface area contributed by atoms with E-state index in [9.17, 15) is 18.4 Å². The molecule has 6 nitrogen and oxygen atoms in total. The Balaban J connectivity index is 2.24. The molecule has 2 rings (SSSR count). The highest BCUT2D eigenvalue weighted by molar-refractivity contribution is 5.95. The van der Waals surface area contributed by atoms with E-state index in [2.05, 4.69) is 10.3 Å². The van der Waals surface area contributed by atoms with Gasteiger partial charge in [0.25, 0.3) is 5.91 Å². The van der Waals surface area contributed by atoms with E-state index in [1.807, 2.05) is 0 Å². The monoisotopic (exact) mass is 338 g/mol. The van der Waals surface area contributed by atoms with Crippen LogP contribution in [0.15, 0.2) is 28.9 Å². The van der Waals surface area contributed by atoms with Crippen molar-refractivity contribution in [1.82, 2.24) is 10.3 Å². The number of rotatable bonds is 6. The summed E-state index contributed by atoms with van der Waals surface area (Å²) in [5.74, 6) is -4.44. The molecule has 0 unspecified atom stereocenters. The highest BCUT2D eigenvalue weighted by Gasteiger charge is 2.27. The number of aromatic nitrogens is 1. The van der Waals surface area contributed by atoms with Crippen molar-refractivity contribution in [2.24, 2.45) is 5.92 Å². The predicted molar refractivity (Wildman–Crippen MR) is 80.2 cm³/mol. The Bertz CT molecular complexity index is 740. The Morgan fingerprint density at radius 3 is 2.50 bits per heavy atom. The molecule has 1 heterocycles. The number of oxazole rings is 1. The van der Waals surface area contributed by atoms with Crippen molar-refractivity contribution in [1.29, 1.82) is 0 Å². The molecule has 0 saturated heterocycles. The first-order valence-electron chi connectivity index (χ1n) is 7.28. The summed E-state index contributed by atoms with van der Waals surface area (Å²) in [6.45, 7) is 3.48. The van der Waals surface area contributed by atoms with E-state index < -0.39 is 41.0 Å². The standard InChI is InChI=1S/C16H16F2N2O4/c1-3-8(2)13(16(22)23)20-14(21)11-7-24-15(19-11)12-9(17)5-4-6-10(12)18/h4-8,13H,3H2,1-2H3,(H,20,21)(H,22,23)/t8-,13-/m0/s1. The molecule has 0 aliphatic carbocycles. The van der Waals surface area contributed by atoms with Crippen molar-refractivity contribution in [3.63, 3.8) is 0 Å². The fourth-order valence-electron chi connectivity index (χ4n) is 2.09. The van der Waals surface area contributed by atoms with Crippen LogP contribution in [0, 0.1) is 17.6 Å². The fraction of sp³-hybridized carbons (Fsp3) is 0.312. The largest absolute Gasteiger partial charge is 0.480 e. The van der Waals surface area contributed by atoms with E-state index in [0.717, 1.165) is 18.4 Å². The third-order valence-electron chi connectivity index (χ3n) is 3.68. The second-order valence-corrected chi connectivity index (χ2v) is 5.31.